The number of Topliss-reactive ketones (excluding diaryl/α,β-unsaturated/α-hetero) is 2. The molecule has 1 aliphatic rings. The van der Waals surface area contributed by atoms with Gasteiger partial charge in [0.25, 0.3) is 5.91 Å². The zero-order valence-corrected chi connectivity index (χ0v) is 63.6. The van der Waals surface area contributed by atoms with Crippen molar-refractivity contribution in [1.29, 1.82) is 0 Å². The first-order chi connectivity index (χ1) is 49.3. The molecule has 36 heteroatoms. The summed E-state index contributed by atoms with van der Waals surface area (Å²) in [6.07, 6.45) is -13.5. The minimum atomic E-state index is -2.56. The number of methoxy groups -OCH3 is 1. The average molecular weight is 1500 g/mol. The van der Waals surface area contributed by atoms with Crippen molar-refractivity contribution in [2.24, 2.45) is 91.7 Å². The Hall–Kier alpha value is -9.13. The molecule has 4 unspecified atom stereocenters. The molecule has 20 atom stereocenters. The molecular formula is C70H118N16O20. The molecular weight excluding hydrogens is 1380 g/mol. The Bertz CT molecular complexity index is 3220. The van der Waals surface area contributed by atoms with Gasteiger partial charge in [0.1, 0.15) is 72.1 Å². The number of primary amides is 2. The molecule has 1 aromatic rings. The molecule has 0 spiro atoms. The van der Waals surface area contributed by atoms with E-state index in [0.717, 1.165) is 30.7 Å². The fraction of sp³-hybridized carbons (Fsp3) is 0.700. The number of phenolic OH excluding ortho intramolecular Hbond substituents is 1. The van der Waals surface area contributed by atoms with Crippen LogP contribution < -0.4 is 66.3 Å². The second-order valence-corrected chi connectivity index (χ2v) is 28.6. The predicted molar refractivity (Wildman–Crippen MR) is 388 cm³/mol. The van der Waals surface area contributed by atoms with Gasteiger partial charge in [-0.2, -0.15) is 0 Å². The Morgan fingerprint density at radius 3 is 1.78 bits per heavy atom. The summed E-state index contributed by atoms with van der Waals surface area (Å²) in [6, 6.07) is -8.44. The van der Waals surface area contributed by atoms with Gasteiger partial charge < -0.3 is 111 Å². The van der Waals surface area contributed by atoms with Gasteiger partial charge in [0, 0.05) is 65.4 Å². The summed E-state index contributed by atoms with van der Waals surface area (Å²) >= 11 is 0. The van der Waals surface area contributed by atoms with Crippen LogP contribution in [-0.4, -0.2) is 237 Å². The van der Waals surface area contributed by atoms with Crippen molar-refractivity contribution in [1.82, 2.24) is 41.7 Å². The molecule has 0 aromatic heterocycles. The highest BCUT2D eigenvalue weighted by molar-refractivity contribution is 5.99. The zero-order chi connectivity index (χ0) is 81.1. The third-order valence-corrected chi connectivity index (χ3v) is 19.1. The van der Waals surface area contributed by atoms with E-state index in [4.69, 9.17) is 43.9 Å². The minimum absolute atomic E-state index is 0.0000696. The number of esters is 1. The summed E-state index contributed by atoms with van der Waals surface area (Å²) < 4.78 is 11.7. The van der Waals surface area contributed by atoms with Crippen LogP contribution >= 0.6 is 0 Å². The first-order valence-corrected chi connectivity index (χ1v) is 35.6. The highest BCUT2D eigenvalue weighted by atomic mass is 16.5. The van der Waals surface area contributed by atoms with Gasteiger partial charge >= 0.3 is 5.97 Å². The van der Waals surface area contributed by atoms with Gasteiger partial charge in [0.2, 0.25) is 53.2 Å². The molecule has 1 aliphatic heterocycles. The van der Waals surface area contributed by atoms with Crippen LogP contribution in [0.3, 0.4) is 0 Å². The fourth-order valence-electron chi connectivity index (χ4n) is 12.3. The SMILES string of the molecule is CO[C@H](c1ccc(O)cc1)C1NC(=O)[C@H](CCC(N)=O)N(C)C(=O)[C@H](CC(C)C)NC(=O)[C@@H](CCCN=C(N)N)CC(=O)C([C@@H](C)O)CC(=O)[C@@H](NC(=O)C(NC(=O)[C@H](O)[C@H](O)[C@H](CCCN=C(N)N)NC(=O)C(C)NC(=O)[C@H](C)[C@H](O)[C@H](C)CC(C)C)[C@@H](C)[C@@H](C)C(N)=O)[C@@H](C)OC(=O)[C@H](C)N(C)C1=O. The maximum Gasteiger partial charge on any atom is 0.328 e. The largest absolute Gasteiger partial charge is 0.508 e. The number of cyclic esters (lactones) is 1. The lowest BCUT2D eigenvalue weighted by Gasteiger charge is -2.36. The summed E-state index contributed by atoms with van der Waals surface area (Å²) in [5.41, 5.74) is 33.7. The van der Waals surface area contributed by atoms with Crippen LogP contribution in [0.4, 0.5) is 0 Å². The van der Waals surface area contributed by atoms with Crippen LogP contribution in [0.2, 0.25) is 0 Å². The Kier molecular flexibility index (Phi) is 38.7. The van der Waals surface area contributed by atoms with E-state index in [1.54, 1.807) is 20.8 Å². The number of amides is 10. The maximum atomic E-state index is 15.2. The molecule has 1 heterocycles. The molecule has 0 saturated carbocycles. The Morgan fingerprint density at radius 1 is 0.670 bits per heavy atom. The number of hydrogen-bond donors (Lipinski definition) is 17. The summed E-state index contributed by atoms with van der Waals surface area (Å²) in [4.78, 5) is 196. The number of phenols is 1. The fourth-order valence-corrected chi connectivity index (χ4v) is 12.3. The normalized spacial score (nSPS) is 23.3. The number of carbonyl (C=O) groups excluding carboxylic acids is 13. The standard InChI is InChI=1S/C70H118N16O20/c1-32(2)28-34(5)55(92)37(8)60(96)79-38(9)61(97)80-46(19-17-27-78-70(75)76)56(93)57(94)65(101)82-52(35(6)36(7)59(72)95)64(100)83-53-41(12)106-68(104)39(10)85(13)67(103)54(58(105-15)42-20-22-44(88)23-21-42)84-63(99)48(24-25-51(71)91)86(14)66(102)47(29-33(3)4)81-62(98)43(18-16-26-77-69(73)74)30-49(89)45(40(11)87)31-50(53)90/h20-23,32-41,43,45-48,52-58,87-88,92-94H,16-19,24-31H2,1-15H3,(H2,71,91)(H2,72,95)(H,79,96)(H,80,97)(H,81,98)(H,82,101)(H,83,100)(H,84,99)(H4,73,74,77)(H4,75,76,78)/t34-,35+,36-,37-,38?,39+,40-,41-,43+,45?,46+,47+,48+,52?,53+,54?,55-,56-,57-,58-/m1/s1. The number of rotatable bonds is 34. The molecule has 10 amide bonds. The number of guanidine groups is 2. The van der Waals surface area contributed by atoms with Crippen molar-refractivity contribution >= 4 is 88.5 Å². The number of ether oxygens (including phenoxy) is 2. The van der Waals surface area contributed by atoms with E-state index in [-0.39, 0.29) is 86.2 Å². The molecule has 2 rings (SSSR count). The van der Waals surface area contributed by atoms with E-state index in [0.29, 0.717) is 6.42 Å². The molecule has 0 bridgehead atoms. The number of nitrogens with zero attached hydrogens (tertiary/aromatic N) is 4. The molecule has 0 radical (unpaired) electrons. The van der Waals surface area contributed by atoms with Gasteiger partial charge in [0.05, 0.1) is 30.1 Å². The molecule has 106 heavy (non-hydrogen) atoms. The van der Waals surface area contributed by atoms with Crippen molar-refractivity contribution < 1.29 is 97.3 Å². The molecule has 598 valence electrons. The zero-order valence-electron chi connectivity index (χ0n) is 63.6. The van der Waals surface area contributed by atoms with Crippen molar-refractivity contribution in [2.45, 2.75) is 232 Å². The van der Waals surface area contributed by atoms with Gasteiger partial charge in [-0.1, -0.05) is 67.5 Å². The highest BCUT2D eigenvalue weighted by Crippen LogP contribution is 2.29. The van der Waals surface area contributed by atoms with Crippen LogP contribution in [0, 0.1) is 47.3 Å². The summed E-state index contributed by atoms with van der Waals surface area (Å²) in [5.74, 6) is -21.8. The number of nitrogens with one attached hydrogen (secondary N) is 6. The van der Waals surface area contributed by atoms with E-state index >= 15 is 14.4 Å². The molecule has 23 N–H and O–H groups in total. The van der Waals surface area contributed by atoms with E-state index in [9.17, 15) is 73.5 Å². The predicted octanol–water partition coefficient (Wildman–Crippen LogP) is -3.26. The van der Waals surface area contributed by atoms with Crippen LogP contribution in [0.1, 0.15) is 159 Å². The lowest BCUT2D eigenvalue weighted by atomic mass is 9.83. The number of nitrogens with two attached hydrogens (primary N) is 6. The number of benzene rings is 1. The molecule has 0 aliphatic carbocycles. The molecule has 1 saturated heterocycles. The lowest BCUT2D eigenvalue weighted by Crippen LogP contribution is -2.62. The number of carbonyl (C=O) groups is 13. The summed E-state index contributed by atoms with van der Waals surface area (Å²) in [5, 5.41) is 71.3. The monoisotopic (exact) mass is 1500 g/mol. The number of aliphatic imine (C=N–C) groups is 2. The van der Waals surface area contributed by atoms with Gasteiger partial charge in [-0.3, -0.25) is 67.5 Å². The topological polar surface area (TPSA) is 601 Å². The number of ketones is 2. The smallest absolute Gasteiger partial charge is 0.328 e. The Morgan fingerprint density at radius 2 is 1.25 bits per heavy atom. The van der Waals surface area contributed by atoms with Crippen molar-refractivity contribution in [3.63, 3.8) is 0 Å². The van der Waals surface area contributed by atoms with Crippen molar-refractivity contribution in [2.75, 3.05) is 34.3 Å². The second-order valence-electron chi connectivity index (χ2n) is 28.6. The van der Waals surface area contributed by atoms with E-state index in [1.807, 2.05) is 13.8 Å². The quantitative estimate of drug-likeness (QED) is 0.0139. The van der Waals surface area contributed by atoms with Crippen LogP contribution in [0.25, 0.3) is 0 Å². The first kappa shape index (κ1) is 93.0. The lowest BCUT2D eigenvalue weighted by molar-refractivity contribution is -0.161. The first-order valence-electron chi connectivity index (χ1n) is 35.6. The summed E-state index contributed by atoms with van der Waals surface area (Å²) in [6.45, 7) is 17.8. The third kappa shape index (κ3) is 29.0. The van der Waals surface area contributed by atoms with E-state index < -0.39 is 217 Å². The number of aliphatic hydroxyl groups excluding tert-OH is 4. The number of hydrogen-bond acceptors (Lipinski definition) is 22. The second kappa shape index (κ2) is 44.1. The maximum absolute atomic E-state index is 15.2. The number of likely N-dealkylation sites (N-methyl/N-ethyl adjacent to an activating group) is 2. The Labute approximate surface area is 619 Å². The van der Waals surface area contributed by atoms with Crippen molar-refractivity contribution in [3.05, 3.63) is 29.8 Å². The van der Waals surface area contributed by atoms with Gasteiger partial charge in [-0.25, -0.2) is 4.79 Å². The van der Waals surface area contributed by atoms with E-state index in [1.165, 1.54) is 73.0 Å². The van der Waals surface area contributed by atoms with Crippen LogP contribution in [-0.2, 0) is 71.8 Å². The van der Waals surface area contributed by atoms with Gasteiger partial charge in [0.15, 0.2) is 23.8 Å². The molecule has 36 nitrogen and oxygen atoms in total. The van der Waals surface area contributed by atoms with Gasteiger partial charge in [-0.15, -0.1) is 0 Å². The Balaban J connectivity index is 3.02. The van der Waals surface area contributed by atoms with Crippen LogP contribution in [0.5, 0.6) is 5.75 Å². The molecule has 1 aromatic carbocycles. The number of aromatic hydroxyl groups is 1. The van der Waals surface area contributed by atoms with Crippen molar-refractivity contribution in [3.8, 4) is 5.75 Å². The minimum Gasteiger partial charge on any atom is -0.508 e. The van der Waals surface area contributed by atoms with E-state index in [2.05, 4.69) is 41.9 Å². The highest BCUT2D eigenvalue weighted by Gasteiger charge is 2.45. The third-order valence-electron chi connectivity index (χ3n) is 19.1. The average Bonchev–Trinajstić information content (AvgIpc) is 0.811. The summed E-state index contributed by atoms with van der Waals surface area (Å²) in [7, 11) is 3.53. The number of aliphatic hydroxyl groups is 4. The molecule has 1 fully saturated rings. The van der Waals surface area contributed by atoms with Crippen LogP contribution in [0.15, 0.2) is 34.3 Å². The van der Waals surface area contributed by atoms with Gasteiger partial charge in [-0.05, 0) is 114 Å².